The van der Waals surface area contributed by atoms with E-state index in [0.717, 1.165) is 0 Å². The molecule has 0 radical (unpaired) electrons. The van der Waals surface area contributed by atoms with Crippen molar-refractivity contribution in [1.29, 1.82) is 0 Å². The van der Waals surface area contributed by atoms with E-state index in [1.54, 1.807) is 6.92 Å². The molecule has 2 rings (SSSR count). The smallest absolute Gasteiger partial charge is 0.480 e. The number of anilines is 1. The van der Waals surface area contributed by atoms with E-state index in [1.807, 2.05) is 0 Å². The predicted octanol–water partition coefficient (Wildman–Crippen LogP) is 2.28. The Balaban J connectivity index is 2.16. The lowest BCUT2D eigenvalue weighted by molar-refractivity contribution is -0.286. The summed E-state index contributed by atoms with van der Waals surface area (Å²) >= 11 is 0. The van der Waals surface area contributed by atoms with Crippen molar-refractivity contribution >= 4 is 11.7 Å². The number of aliphatic carboxylic acids is 1. The monoisotopic (exact) mass is 259 g/mol. The Labute approximate surface area is 101 Å². The summed E-state index contributed by atoms with van der Waals surface area (Å²) in [5.74, 6) is -1.21. The van der Waals surface area contributed by atoms with E-state index in [2.05, 4.69) is 14.8 Å². The van der Waals surface area contributed by atoms with Crippen LogP contribution in [0.5, 0.6) is 11.5 Å². The molecule has 18 heavy (non-hydrogen) atoms. The molecule has 0 saturated heterocycles. The minimum atomic E-state index is -3.67. The topological polar surface area (TPSA) is 67.8 Å². The zero-order valence-electron chi connectivity index (χ0n) is 9.44. The van der Waals surface area contributed by atoms with Gasteiger partial charge in [0.1, 0.15) is 6.04 Å². The highest BCUT2D eigenvalue weighted by molar-refractivity contribution is 5.77. The molecule has 1 heterocycles. The Hall–Kier alpha value is -2.05. The normalized spacial score (nSPS) is 17.3. The third-order valence-corrected chi connectivity index (χ3v) is 2.45. The maximum absolute atomic E-state index is 12.8. The van der Waals surface area contributed by atoms with E-state index in [1.165, 1.54) is 18.2 Å². The molecule has 1 aromatic rings. The van der Waals surface area contributed by atoms with Crippen LogP contribution in [0.3, 0.4) is 0 Å². The van der Waals surface area contributed by atoms with Gasteiger partial charge in [0, 0.05) is 11.8 Å². The number of halogens is 2. The van der Waals surface area contributed by atoms with Crippen LogP contribution in [0.1, 0.15) is 13.3 Å². The Morgan fingerprint density at radius 2 is 2.11 bits per heavy atom. The van der Waals surface area contributed by atoms with Crippen LogP contribution in [0.25, 0.3) is 0 Å². The first-order valence-electron chi connectivity index (χ1n) is 5.30. The van der Waals surface area contributed by atoms with Crippen molar-refractivity contribution in [2.24, 2.45) is 0 Å². The number of benzene rings is 1. The molecule has 0 amide bonds. The number of hydrogen-bond acceptors (Lipinski definition) is 4. The van der Waals surface area contributed by atoms with Crippen LogP contribution in [-0.4, -0.2) is 23.4 Å². The molecule has 5 nitrogen and oxygen atoms in total. The van der Waals surface area contributed by atoms with Crippen LogP contribution in [0.15, 0.2) is 18.2 Å². The van der Waals surface area contributed by atoms with Crippen molar-refractivity contribution in [3.8, 4) is 11.5 Å². The fraction of sp³-hybridized carbons (Fsp3) is 0.364. The van der Waals surface area contributed by atoms with Gasteiger partial charge in [0.25, 0.3) is 0 Å². The summed E-state index contributed by atoms with van der Waals surface area (Å²) in [7, 11) is 0. The van der Waals surface area contributed by atoms with Crippen molar-refractivity contribution < 1.29 is 28.2 Å². The van der Waals surface area contributed by atoms with Crippen LogP contribution in [0, 0.1) is 0 Å². The summed E-state index contributed by atoms with van der Waals surface area (Å²) in [5, 5.41) is 11.6. The second kappa shape index (κ2) is 4.32. The minimum Gasteiger partial charge on any atom is -0.480 e. The van der Waals surface area contributed by atoms with Crippen molar-refractivity contribution in [3.05, 3.63) is 18.2 Å². The fourth-order valence-electron chi connectivity index (χ4n) is 1.58. The lowest BCUT2D eigenvalue weighted by Crippen LogP contribution is -2.28. The highest BCUT2D eigenvalue weighted by Crippen LogP contribution is 2.42. The number of carboxylic acid groups (broad SMARTS) is 1. The van der Waals surface area contributed by atoms with Gasteiger partial charge >= 0.3 is 12.3 Å². The molecule has 1 aliphatic heterocycles. The lowest BCUT2D eigenvalue weighted by Gasteiger charge is -2.13. The number of rotatable bonds is 4. The van der Waals surface area contributed by atoms with Gasteiger partial charge in [-0.25, -0.2) is 4.79 Å². The average molecular weight is 259 g/mol. The largest absolute Gasteiger partial charge is 0.586 e. The van der Waals surface area contributed by atoms with E-state index in [4.69, 9.17) is 5.11 Å². The molecular weight excluding hydrogens is 248 g/mol. The van der Waals surface area contributed by atoms with E-state index in [0.29, 0.717) is 12.1 Å². The van der Waals surface area contributed by atoms with Gasteiger partial charge in [-0.2, -0.15) is 0 Å². The van der Waals surface area contributed by atoms with Gasteiger partial charge in [-0.05, 0) is 18.6 Å². The number of nitrogens with one attached hydrogen (secondary N) is 1. The predicted molar refractivity (Wildman–Crippen MR) is 58.0 cm³/mol. The second-order valence-corrected chi connectivity index (χ2v) is 3.77. The Bertz CT molecular complexity index is 478. The van der Waals surface area contributed by atoms with Gasteiger partial charge in [-0.1, -0.05) is 6.92 Å². The maximum atomic E-state index is 12.8. The highest BCUT2D eigenvalue weighted by atomic mass is 19.3. The minimum absolute atomic E-state index is 0.0751. The van der Waals surface area contributed by atoms with Gasteiger partial charge in [0.2, 0.25) is 0 Å². The van der Waals surface area contributed by atoms with Crippen molar-refractivity contribution in [3.63, 3.8) is 0 Å². The summed E-state index contributed by atoms with van der Waals surface area (Å²) in [5.41, 5.74) is 0.379. The number of carboxylic acids is 1. The summed E-state index contributed by atoms with van der Waals surface area (Å²) in [4.78, 5) is 10.8. The fourth-order valence-corrected chi connectivity index (χ4v) is 1.58. The highest BCUT2D eigenvalue weighted by Gasteiger charge is 2.43. The molecule has 7 heteroatoms. The van der Waals surface area contributed by atoms with Gasteiger partial charge in [-0.15, -0.1) is 8.78 Å². The van der Waals surface area contributed by atoms with Crippen molar-refractivity contribution in [2.75, 3.05) is 5.32 Å². The Kier molecular flexibility index (Phi) is 2.98. The second-order valence-electron chi connectivity index (χ2n) is 3.77. The molecule has 2 N–H and O–H groups in total. The maximum Gasteiger partial charge on any atom is 0.586 e. The van der Waals surface area contributed by atoms with Crippen LogP contribution in [0.2, 0.25) is 0 Å². The molecule has 0 saturated carbocycles. The summed E-state index contributed by atoms with van der Waals surface area (Å²) in [6, 6.07) is 3.25. The number of carbonyl (C=O) groups is 1. The molecule has 0 spiro atoms. The van der Waals surface area contributed by atoms with Crippen LogP contribution in [0.4, 0.5) is 14.5 Å². The van der Waals surface area contributed by atoms with E-state index >= 15 is 0 Å². The molecule has 1 unspecified atom stereocenters. The molecule has 0 aromatic heterocycles. The van der Waals surface area contributed by atoms with Crippen LogP contribution < -0.4 is 14.8 Å². The molecule has 0 bridgehead atoms. The van der Waals surface area contributed by atoms with Crippen molar-refractivity contribution in [1.82, 2.24) is 0 Å². The first-order chi connectivity index (χ1) is 8.41. The Morgan fingerprint density at radius 1 is 1.44 bits per heavy atom. The molecule has 1 aliphatic rings. The quantitative estimate of drug-likeness (QED) is 0.868. The van der Waals surface area contributed by atoms with Gasteiger partial charge < -0.3 is 19.9 Å². The Morgan fingerprint density at radius 3 is 2.72 bits per heavy atom. The molecule has 98 valence electrons. The van der Waals surface area contributed by atoms with Crippen LogP contribution in [-0.2, 0) is 4.79 Å². The third-order valence-electron chi connectivity index (χ3n) is 2.45. The first-order valence-corrected chi connectivity index (χ1v) is 5.30. The summed E-state index contributed by atoms with van der Waals surface area (Å²) in [6.07, 6.45) is -3.31. The van der Waals surface area contributed by atoms with E-state index < -0.39 is 18.3 Å². The number of ether oxygens (including phenoxy) is 2. The molecule has 1 aromatic carbocycles. The standard InChI is InChI=1S/C11H11F2NO4/c1-2-7(10(15)16)14-6-3-4-8-9(5-6)18-11(12,13)17-8/h3-5,7,14H,2H2,1H3,(H,15,16). The molecular formula is C11H11F2NO4. The van der Waals surface area contributed by atoms with Gasteiger partial charge in [-0.3, -0.25) is 0 Å². The molecule has 1 atom stereocenters. The van der Waals surface area contributed by atoms with Crippen LogP contribution >= 0.6 is 0 Å². The van der Waals surface area contributed by atoms with Gasteiger partial charge in [0.05, 0.1) is 0 Å². The SMILES string of the molecule is CCC(Nc1ccc2c(c1)OC(F)(F)O2)C(=O)O. The van der Waals surface area contributed by atoms with E-state index in [-0.39, 0.29) is 11.5 Å². The number of hydrogen-bond donors (Lipinski definition) is 2. The van der Waals surface area contributed by atoms with Crippen molar-refractivity contribution in [2.45, 2.75) is 25.7 Å². The number of fused-ring (bicyclic) bond motifs is 1. The summed E-state index contributed by atoms with van der Waals surface area (Å²) < 4.78 is 34.0. The zero-order chi connectivity index (χ0) is 13.3. The first kappa shape index (κ1) is 12.4. The summed E-state index contributed by atoms with van der Waals surface area (Å²) in [6.45, 7) is 1.70. The zero-order valence-corrected chi connectivity index (χ0v) is 9.44. The lowest BCUT2D eigenvalue weighted by atomic mass is 10.2. The van der Waals surface area contributed by atoms with Gasteiger partial charge in [0.15, 0.2) is 11.5 Å². The van der Waals surface area contributed by atoms with E-state index in [9.17, 15) is 13.6 Å². The molecule has 0 aliphatic carbocycles. The molecule has 0 fully saturated rings. The average Bonchev–Trinajstić information content (AvgIpc) is 2.58. The number of alkyl halides is 2. The third kappa shape index (κ3) is 2.44.